The SMILES string of the molecule is CCCCC/C=C\C/C=C\CCCCCCCCCC(=O)OC[C@H](COP(=O)(O)OC[C@H](N)C(=O)O)OC(=O)CCCCCCCCCCCCCCCCC. The van der Waals surface area contributed by atoms with Crippen molar-refractivity contribution in [1.29, 1.82) is 0 Å². The number of aliphatic carboxylic acids is 1. The third-order valence-electron chi connectivity index (χ3n) is 9.70. The van der Waals surface area contributed by atoms with E-state index in [1.807, 2.05) is 0 Å². The van der Waals surface area contributed by atoms with Crippen LogP contribution in [-0.4, -0.2) is 59.9 Å². The summed E-state index contributed by atoms with van der Waals surface area (Å²) < 4.78 is 32.7. The topological polar surface area (TPSA) is 172 Å². The van der Waals surface area contributed by atoms with Gasteiger partial charge in [0.2, 0.25) is 0 Å². The summed E-state index contributed by atoms with van der Waals surface area (Å²) in [5, 5.41) is 8.89. The van der Waals surface area contributed by atoms with Crippen molar-refractivity contribution >= 4 is 25.7 Å². The van der Waals surface area contributed by atoms with Crippen LogP contribution in [0.5, 0.6) is 0 Å². The van der Waals surface area contributed by atoms with E-state index in [1.54, 1.807) is 0 Å². The van der Waals surface area contributed by atoms with E-state index < -0.39 is 51.1 Å². The Morgan fingerprint density at radius 2 is 0.946 bits per heavy atom. The molecule has 11 nitrogen and oxygen atoms in total. The number of nitrogens with two attached hydrogens (primary N) is 1. The monoisotopic (exact) mass is 816 g/mol. The standard InChI is InChI=1S/C44H82NO10P/c1-3-5-7-9-11-13-15-17-19-20-22-23-25-27-29-31-33-35-42(46)52-37-40(38-53-56(50,51)54-39-41(45)44(48)49)55-43(47)36-34-32-30-28-26-24-21-18-16-14-12-10-8-6-4-2/h11,13,17,19,40-41H,3-10,12,14-16,18,20-39,45H2,1-2H3,(H,48,49)(H,50,51)/b13-11-,19-17-/t40-,41+/m1/s1. The van der Waals surface area contributed by atoms with Gasteiger partial charge in [0.25, 0.3) is 0 Å². The number of esters is 2. The molecule has 0 amide bonds. The van der Waals surface area contributed by atoms with Crippen LogP contribution in [0.1, 0.15) is 206 Å². The molecule has 0 aromatic rings. The Kier molecular flexibility index (Phi) is 38.3. The second-order valence-corrected chi connectivity index (χ2v) is 16.6. The number of carbonyl (C=O) groups is 3. The summed E-state index contributed by atoms with van der Waals surface area (Å²) in [6, 6.07) is -1.52. The number of phosphoric acid groups is 1. The van der Waals surface area contributed by atoms with Crippen LogP contribution in [0.3, 0.4) is 0 Å². The van der Waals surface area contributed by atoms with Crippen molar-refractivity contribution in [2.75, 3.05) is 19.8 Å². The Morgan fingerprint density at radius 3 is 1.43 bits per heavy atom. The van der Waals surface area contributed by atoms with Gasteiger partial charge in [0, 0.05) is 12.8 Å². The Bertz CT molecular complexity index is 1050. The van der Waals surface area contributed by atoms with E-state index in [1.165, 1.54) is 116 Å². The van der Waals surface area contributed by atoms with Gasteiger partial charge in [0.05, 0.1) is 13.2 Å². The molecule has 0 saturated heterocycles. The predicted molar refractivity (Wildman–Crippen MR) is 226 cm³/mol. The van der Waals surface area contributed by atoms with Gasteiger partial charge in [-0.1, -0.05) is 173 Å². The minimum absolute atomic E-state index is 0.164. The molecule has 4 N–H and O–H groups in total. The predicted octanol–water partition coefficient (Wildman–Crippen LogP) is 11.8. The second kappa shape index (κ2) is 39.8. The Morgan fingerprint density at radius 1 is 0.554 bits per heavy atom. The smallest absolute Gasteiger partial charge is 0.472 e. The lowest BCUT2D eigenvalue weighted by Gasteiger charge is -2.20. The molecule has 0 radical (unpaired) electrons. The zero-order chi connectivity index (χ0) is 41.4. The van der Waals surface area contributed by atoms with Crippen molar-refractivity contribution < 1.29 is 47.5 Å². The fourth-order valence-corrected chi connectivity index (χ4v) is 6.93. The Hall–Kier alpha value is -2.04. The number of hydrogen-bond acceptors (Lipinski definition) is 9. The maximum atomic E-state index is 12.6. The number of rotatable bonds is 42. The molecule has 0 aliphatic rings. The first-order valence-corrected chi connectivity index (χ1v) is 23.9. The molecular weight excluding hydrogens is 733 g/mol. The quantitative estimate of drug-likeness (QED) is 0.0232. The molecule has 1 unspecified atom stereocenters. The van der Waals surface area contributed by atoms with Crippen LogP contribution in [-0.2, 0) is 37.5 Å². The van der Waals surface area contributed by atoms with Crippen molar-refractivity contribution in [3.05, 3.63) is 24.3 Å². The summed E-state index contributed by atoms with van der Waals surface area (Å²) in [5.41, 5.74) is 5.33. The number of unbranched alkanes of at least 4 members (excludes halogenated alkanes) is 24. The Balaban J connectivity index is 4.33. The summed E-state index contributed by atoms with van der Waals surface area (Å²) in [4.78, 5) is 46.0. The summed E-state index contributed by atoms with van der Waals surface area (Å²) in [6.45, 7) is 2.79. The number of carboxylic acid groups (broad SMARTS) is 1. The van der Waals surface area contributed by atoms with Gasteiger partial charge in [0.15, 0.2) is 6.10 Å². The number of phosphoric ester groups is 1. The molecule has 0 aliphatic carbocycles. The fourth-order valence-electron chi connectivity index (χ4n) is 6.15. The normalized spacial score (nSPS) is 13.9. The van der Waals surface area contributed by atoms with Gasteiger partial charge in [-0.2, -0.15) is 0 Å². The first-order chi connectivity index (χ1) is 27.1. The third-order valence-corrected chi connectivity index (χ3v) is 10.7. The van der Waals surface area contributed by atoms with Crippen molar-refractivity contribution in [1.82, 2.24) is 0 Å². The second-order valence-electron chi connectivity index (χ2n) is 15.2. The highest BCUT2D eigenvalue weighted by Gasteiger charge is 2.28. The zero-order valence-electron chi connectivity index (χ0n) is 35.5. The molecule has 0 bridgehead atoms. The average Bonchev–Trinajstić information content (AvgIpc) is 3.17. The molecule has 0 spiro atoms. The van der Waals surface area contributed by atoms with E-state index in [0.29, 0.717) is 12.8 Å². The first-order valence-electron chi connectivity index (χ1n) is 22.4. The summed E-state index contributed by atoms with van der Waals surface area (Å²) in [5.74, 6) is -2.38. The minimum Gasteiger partial charge on any atom is -0.480 e. The average molecular weight is 816 g/mol. The molecule has 0 fully saturated rings. The van der Waals surface area contributed by atoms with Gasteiger partial charge in [-0.05, 0) is 44.9 Å². The molecule has 3 atom stereocenters. The van der Waals surface area contributed by atoms with Crippen molar-refractivity contribution in [3.63, 3.8) is 0 Å². The molecule has 0 aromatic heterocycles. The van der Waals surface area contributed by atoms with E-state index in [2.05, 4.69) is 42.7 Å². The van der Waals surface area contributed by atoms with Crippen LogP contribution in [0.2, 0.25) is 0 Å². The molecule has 0 saturated carbocycles. The van der Waals surface area contributed by atoms with Gasteiger partial charge in [0.1, 0.15) is 12.6 Å². The lowest BCUT2D eigenvalue weighted by atomic mass is 10.0. The molecule has 0 aliphatic heterocycles. The summed E-state index contributed by atoms with van der Waals surface area (Å²) in [7, 11) is -4.71. The van der Waals surface area contributed by atoms with E-state index in [0.717, 1.165) is 51.4 Å². The van der Waals surface area contributed by atoms with E-state index in [9.17, 15) is 23.8 Å². The van der Waals surface area contributed by atoms with E-state index in [4.69, 9.17) is 24.8 Å². The maximum absolute atomic E-state index is 12.6. The van der Waals surface area contributed by atoms with Crippen molar-refractivity contribution in [2.24, 2.45) is 5.73 Å². The van der Waals surface area contributed by atoms with Gasteiger partial charge < -0.3 is 25.2 Å². The van der Waals surface area contributed by atoms with Gasteiger partial charge in [-0.15, -0.1) is 0 Å². The number of allylic oxidation sites excluding steroid dienone is 4. The lowest BCUT2D eigenvalue weighted by Crippen LogP contribution is -2.34. The fraction of sp³-hybridized carbons (Fsp3) is 0.841. The molecule has 0 heterocycles. The van der Waals surface area contributed by atoms with Crippen molar-refractivity contribution in [3.8, 4) is 0 Å². The van der Waals surface area contributed by atoms with Crippen LogP contribution >= 0.6 is 7.82 Å². The van der Waals surface area contributed by atoms with Gasteiger partial charge >= 0.3 is 25.7 Å². The molecular formula is C44H82NO10P. The minimum atomic E-state index is -4.71. The zero-order valence-corrected chi connectivity index (χ0v) is 36.4. The highest BCUT2D eigenvalue weighted by atomic mass is 31.2. The van der Waals surface area contributed by atoms with Crippen LogP contribution in [0.15, 0.2) is 24.3 Å². The highest BCUT2D eigenvalue weighted by molar-refractivity contribution is 7.47. The highest BCUT2D eigenvalue weighted by Crippen LogP contribution is 2.43. The third kappa shape index (κ3) is 38.8. The number of hydrogen-bond donors (Lipinski definition) is 3. The summed E-state index contributed by atoms with van der Waals surface area (Å²) in [6.07, 6.45) is 40.9. The molecule has 0 rings (SSSR count). The van der Waals surface area contributed by atoms with Crippen LogP contribution in [0.4, 0.5) is 0 Å². The number of carboxylic acids is 1. The number of carbonyl (C=O) groups excluding carboxylic acids is 2. The van der Waals surface area contributed by atoms with Crippen LogP contribution < -0.4 is 5.73 Å². The first kappa shape index (κ1) is 54.0. The van der Waals surface area contributed by atoms with Crippen LogP contribution in [0, 0.1) is 0 Å². The Labute approximate surface area is 340 Å². The largest absolute Gasteiger partial charge is 0.480 e. The lowest BCUT2D eigenvalue weighted by molar-refractivity contribution is -0.161. The molecule has 328 valence electrons. The van der Waals surface area contributed by atoms with Crippen LogP contribution in [0.25, 0.3) is 0 Å². The maximum Gasteiger partial charge on any atom is 0.472 e. The van der Waals surface area contributed by atoms with E-state index in [-0.39, 0.29) is 19.4 Å². The molecule has 56 heavy (non-hydrogen) atoms. The summed E-state index contributed by atoms with van der Waals surface area (Å²) >= 11 is 0. The van der Waals surface area contributed by atoms with Crippen molar-refractivity contribution in [2.45, 2.75) is 219 Å². The van der Waals surface area contributed by atoms with Gasteiger partial charge in [-0.3, -0.25) is 23.4 Å². The molecule has 12 heteroatoms. The van der Waals surface area contributed by atoms with E-state index >= 15 is 0 Å². The molecule has 0 aromatic carbocycles. The van der Waals surface area contributed by atoms with Gasteiger partial charge in [-0.25, -0.2) is 4.57 Å². The number of ether oxygens (including phenoxy) is 2.